The lowest BCUT2D eigenvalue weighted by Gasteiger charge is -2.26. The summed E-state index contributed by atoms with van der Waals surface area (Å²) in [5.41, 5.74) is 2.41. The summed E-state index contributed by atoms with van der Waals surface area (Å²) in [4.78, 5) is 20.8. The number of rotatable bonds is 5. The zero-order valence-electron chi connectivity index (χ0n) is 18.0. The van der Waals surface area contributed by atoms with E-state index in [1.807, 2.05) is 26.8 Å². The molecule has 1 amide bonds. The third kappa shape index (κ3) is 5.69. The summed E-state index contributed by atoms with van der Waals surface area (Å²) in [5.74, 6) is 0.603. The summed E-state index contributed by atoms with van der Waals surface area (Å²) in [6.07, 6.45) is 0.949. The van der Waals surface area contributed by atoms with Crippen LogP contribution in [0.2, 0.25) is 0 Å². The van der Waals surface area contributed by atoms with E-state index >= 15 is 0 Å². The largest absolute Gasteiger partial charge is 0.444 e. The number of morpholine rings is 1. The van der Waals surface area contributed by atoms with Gasteiger partial charge in [0.05, 0.1) is 23.8 Å². The Hall–Kier alpha value is -2.75. The molecule has 1 aliphatic rings. The minimum Gasteiger partial charge on any atom is -0.444 e. The van der Waals surface area contributed by atoms with Gasteiger partial charge in [-0.3, -0.25) is 15.3 Å². The number of hydrogen-bond acceptors (Lipinski definition) is 7. The molecule has 164 valence electrons. The number of amides is 1. The Morgan fingerprint density at radius 1 is 1.26 bits per heavy atom. The third-order valence-electron chi connectivity index (χ3n) is 4.75. The molecule has 4 rings (SSSR count). The normalized spacial score (nSPS) is 15.1. The molecule has 0 radical (unpaired) electrons. The molecule has 1 saturated heterocycles. The first-order valence-electron chi connectivity index (χ1n) is 10.3. The van der Waals surface area contributed by atoms with Crippen LogP contribution in [0.1, 0.15) is 26.3 Å². The highest BCUT2D eigenvalue weighted by Crippen LogP contribution is 2.40. The third-order valence-corrected chi connectivity index (χ3v) is 5.94. The van der Waals surface area contributed by atoms with E-state index in [2.05, 4.69) is 49.7 Å². The number of aromatic nitrogens is 3. The van der Waals surface area contributed by atoms with Gasteiger partial charge in [-0.25, -0.2) is 9.78 Å². The predicted molar refractivity (Wildman–Crippen MR) is 121 cm³/mol. The summed E-state index contributed by atoms with van der Waals surface area (Å²) < 4.78 is 10.8. The monoisotopic (exact) mass is 441 g/mol. The molecule has 3 heterocycles. The first kappa shape index (κ1) is 21.5. The van der Waals surface area contributed by atoms with E-state index in [-0.39, 0.29) is 0 Å². The molecule has 0 unspecified atom stereocenters. The Morgan fingerprint density at radius 3 is 2.65 bits per heavy atom. The van der Waals surface area contributed by atoms with E-state index in [1.165, 1.54) is 11.9 Å². The minimum atomic E-state index is -0.578. The molecule has 8 nitrogen and oxygen atoms in total. The van der Waals surface area contributed by atoms with Crippen molar-refractivity contribution in [3.63, 3.8) is 0 Å². The fourth-order valence-corrected chi connectivity index (χ4v) is 4.39. The lowest BCUT2D eigenvalue weighted by Crippen LogP contribution is -2.35. The van der Waals surface area contributed by atoms with Crippen molar-refractivity contribution in [1.82, 2.24) is 20.1 Å². The van der Waals surface area contributed by atoms with E-state index in [9.17, 15) is 4.79 Å². The Labute approximate surface area is 185 Å². The molecule has 9 heteroatoms. The quantitative estimate of drug-likeness (QED) is 0.610. The summed E-state index contributed by atoms with van der Waals surface area (Å²) >= 11 is 1.54. The number of carbonyl (C=O) groups excluding carboxylic acids is 1. The van der Waals surface area contributed by atoms with Gasteiger partial charge in [-0.2, -0.15) is 5.10 Å². The Bertz CT molecular complexity index is 1000. The van der Waals surface area contributed by atoms with Gasteiger partial charge in [-0.1, -0.05) is 24.3 Å². The van der Waals surface area contributed by atoms with Crippen LogP contribution >= 0.6 is 11.3 Å². The van der Waals surface area contributed by atoms with Crippen molar-refractivity contribution in [2.45, 2.75) is 32.9 Å². The van der Waals surface area contributed by atoms with Gasteiger partial charge >= 0.3 is 6.09 Å². The van der Waals surface area contributed by atoms with E-state index in [0.717, 1.165) is 48.2 Å². The lowest BCUT2D eigenvalue weighted by molar-refractivity contribution is 0.0342. The van der Waals surface area contributed by atoms with Gasteiger partial charge < -0.3 is 9.47 Å². The van der Waals surface area contributed by atoms with Crippen molar-refractivity contribution >= 4 is 23.1 Å². The number of nitrogens with one attached hydrogen (secondary N) is 2. The highest BCUT2D eigenvalue weighted by Gasteiger charge is 2.21. The highest BCUT2D eigenvalue weighted by atomic mass is 32.1. The number of anilines is 1. The molecule has 1 aromatic carbocycles. The van der Waals surface area contributed by atoms with E-state index in [4.69, 9.17) is 9.47 Å². The maximum Gasteiger partial charge on any atom is 0.412 e. The van der Waals surface area contributed by atoms with Gasteiger partial charge in [-0.05, 0) is 38.0 Å². The van der Waals surface area contributed by atoms with Crippen LogP contribution in [0.4, 0.5) is 10.5 Å². The maximum absolute atomic E-state index is 12.3. The van der Waals surface area contributed by atoms with Gasteiger partial charge in [-0.15, -0.1) is 11.3 Å². The maximum atomic E-state index is 12.3. The number of ether oxygens (including phenoxy) is 2. The first-order chi connectivity index (χ1) is 14.9. The Balaban J connectivity index is 1.54. The van der Waals surface area contributed by atoms with Crippen molar-refractivity contribution in [3.8, 4) is 21.1 Å². The molecule has 0 bridgehead atoms. The standard InChI is InChI=1S/C22H27N5O3S/c1-22(2,3)30-21(28)25-17-12-18(31-19(17)20-23-14-24-26-20)16-6-4-15(5-7-16)13-27-8-10-29-11-9-27/h4-7,12,14H,8-11,13H2,1-3H3,(H,25,28)(H,23,24,26). The second-order valence-corrected chi connectivity index (χ2v) is 9.45. The van der Waals surface area contributed by atoms with Crippen molar-refractivity contribution in [1.29, 1.82) is 0 Å². The summed E-state index contributed by atoms with van der Waals surface area (Å²) in [7, 11) is 0. The minimum absolute atomic E-state index is 0.501. The van der Waals surface area contributed by atoms with Crippen LogP contribution in [-0.2, 0) is 16.0 Å². The van der Waals surface area contributed by atoms with Gasteiger partial charge in [0, 0.05) is 24.5 Å². The van der Waals surface area contributed by atoms with Crippen LogP contribution in [0, 0.1) is 0 Å². The van der Waals surface area contributed by atoms with Crippen LogP contribution in [0.25, 0.3) is 21.1 Å². The molecule has 0 aliphatic carbocycles. The van der Waals surface area contributed by atoms with Gasteiger partial charge in [0.1, 0.15) is 11.9 Å². The van der Waals surface area contributed by atoms with Gasteiger partial charge in [0.2, 0.25) is 0 Å². The second-order valence-electron chi connectivity index (χ2n) is 8.40. The van der Waals surface area contributed by atoms with E-state index < -0.39 is 11.7 Å². The van der Waals surface area contributed by atoms with Crippen molar-refractivity contribution in [3.05, 3.63) is 42.2 Å². The van der Waals surface area contributed by atoms with Gasteiger partial charge in [0.15, 0.2) is 5.82 Å². The number of carbonyl (C=O) groups is 1. The molecular weight excluding hydrogens is 414 g/mol. The van der Waals surface area contributed by atoms with Crippen LogP contribution in [0.5, 0.6) is 0 Å². The van der Waals surface area contributed by atoms with E-state index in [0.29, 0.717) is 11.5 Å². The molecule has 1 fully saturated rings. The molecule has 3 aromatic rings. The molecule has 0 spiro atoms. The van der Waals surface area contributed by atoms with E-state index in [1.54, 1.807) is 11.3 Å². The number of thiophene rings is 1. The molecule has 1 aliphatic heterocycles. The van der Waals surface area contributed by atoms with Crippen LogP contribution in [0.3, 0.4) is 0 Å². The molecule has 0 saturated carbocycles. The van der Waals surface area contributed by atoms with Crippen molar-refractivity contribution in [2.24, 2.45) is 0 Å². The summed E-state index contributed by atoms with van der Waals surface area (Å²) in [6, 6.07) is 10.5. The highest BCUT2D eigenvalue weighted by molar-refractivity contribution is 7.19. The van der Waals surface area contributed by atoms with Crippen LogP contribution in [-0.4, -0.2) is 58.1 Å². The summed E-state index contributed by atoms with van der Waals surface area (Å²) in [6.45, 7) is 9.95. The topological polar surface area (TPSA) is 92.4 Å². The number of H-pyrrole nitrogens is 1. The summed E-state index contributed by atoms with van der Waals surface area (Å²) in [5, 5.41) is 9.67. The Kier molecular flexibility index (Phi) is 6.35. The van der Waals surface area contributed by atoms with Crippen molar-refractivity contribution in [2.75, 3.05) is 31.6 Å². The first-order valence-corrected chi connectivity index (χ1v) is 11.1. The number of aromatic amines is 1. The smallest absolute Gasteiger partial charge is 0.412 e. The fraction of sp³-hybridized carbons (Fsp3) is 0.409. The zero-order valence-corrected chi connectivity index (χ0v) is 18.8. The van der Waals surface area contributed by atoms with Gasteiger partial charge in [0.25, 0.3) is 0 Å². The number of benzene rings is 1. The fourth-order valence-electron chi connectivity index (χ4n) is 3.32. The SMILES string of the molecule is CC(C)(C)OC(=O)Nc1cc(-c2ccc(CN3CCOCC3)cc2)sc1-c1ncn[nH]1. The molecule has 0 atom stereocenters. The average molecular weight is 442 g/mol. The number of hydrogen-bond donors (Lipinski definition) is 2. The molecular formula is C22H27N5O3S. The average Bonchev–Trinajstić information content (AvgIpc) is 3.38. The molecule has 2 aromatic heterocycles. The Morgan fingerprint density at radius 2 is 2.00 bits per heavy atom. The number of nitrogens with zero attached hydrogens (tertiary/aromatic N) is 3. The predicted octanol–water partition coefficient (Wildman–Crippen LogP) is 4.38. The molecule has 2 N–H and O–H groups in total. The molecule has 31 heavy (non-hydrogen) atoms. The van der Waals surface area contributed by atoms with Crippen LogP contribution < -0.4 is 5.32 Å². The second kappa shape index (κ2) is 9.17. The van der Waals surface area contributed by atoms with Crippen molar-refractivity contribution < 1.29 is 14.3 Å². The lowest BCUT2D eigenvalue weighted by atomic mass is 10.1. The zero-order chi connectivity index (χ0) is 21.8. The van der Waals surface area contributed by atoms with Crippen LogP contribution in [0.15, 0.2) is 36.7 Å².